The third-order valence-electron chi connectivity index (χ3n) is 5.16. The Bertz CT molecular complexity index is 592. The summed E-state index contributed by atoms with van der Waals surface area (Å²) in [4.78, 5) is 15.0. The van der Waals surface area contributed by atoms with E-state index in [4.69, 9.17) is 0 Å². The van der Waals surface area contributed by atoms with Gasteiger partial charge in [0.1, 0.15) is 11.9 Å². The minimum absolute atomic E-state index is 0.139. The van der Waals surface area contributed by atoms with E-state index >= 15 is 0 Å². The number of fused-ring (bicyclic) bond motifs is 1. The number of piperidine rings is 1. The van der Waals surface area contributed by atoms with Gasteiger partial charge in [0.25, 0.3) is 0 Å². The van der Waals surface area contributed by atoms with Crippen LogP contribution in [-0.4, -0.2) is 42.0 Å². The average molecular weight is 318 g/mol. The van der Waals surface area contributed by atoms with Crippen molar-refractivity contribution in [2.45, 2.75) is 43.9 Å². The summed E-state index contributed by atoms with van der Waals surface area (Å²) >= 11 is 0. The molecule has 2 aliphatic heterocycles. The summed E-state index contributed by atoms with van der Waals surface area (Å²) in [5.74, 6) is 0.174. The lowest BCUT2D eigenvalue weighted by Crippen LogP contribution is -2.51. The van der Waals surface area contributed by atoms with Crippen LogP contribution < -0.4 is 16.2 Å². The first-order chi connectivity index (χ1) is 11.2. The van der Waals surface area contributed by atoms with Gasteiger partial charge in [-0.15, -0.1) is 0 Å². The number of benzene rings is 1. The fraction of sp³-hybridized carbons (Fsp3) is 0.588. The Balaban J connectivity index is 1.50. The molecule has 1 amide bonds. The predicted octanol–water partition coefficient (Wildman–Crippen LogP) is 0.771. The van der Waals surface area contributed by atoms with Crippen molar-refractivity contribution in [3.8, 4) is 0 Å². The Morgan fingerprint density at radius 2 is 2.13 bits per heavy atom. The molecule has 6 heteroatoms. The topological polar surface area (TPSA) is 56.4 Å². The van der Waals surface area contributed by atoms with Gasteiger partial charge in [0.15, 0.2) is 0 Å². The van der Waals surface area contributed by atoms with Gasteiger partial charge >= 0.3 is 0 Å². The molecule has 2 saturated heterocycles. The maximum atomic E-state index is 13.4. The summed E-state index contributed by atoms with van der Waals surface area (Å²) in [6.07, 6.45) is 3.13. The van der Waals surface area contributed by atoms with Crippen LogP contribution in [-0.2, 0) is 11.3 Å². The molecule has 1 aromatic rings. The molecule has 23 heavy (non-hydrogen) atoms. The number of nitrogens with one attached hydrogen (secondary N) is 3. The smallest absolute Gasteiger partial charge is 0.242 e. The van der Waals surface area contributed by atoms with Gasteiger partial charge in [-0.3, -0.25) is 10.2 Å². The lowest BCUT2D eigenvalue weighted by molar-refractivity contribution is -0.135. The van der Waals surface area contributed by atoms with Crippen LogP contribution in [0, 0.1) is 11.7 Å². The van der Waals surface area contributed by atoms with Crippen LogP contribution in [0.2, 0.25) is 0 Å². The average Bonchev–Trinajstić information content (AvgIpc) is 3.31. The van der Waals surface area contributed by atoms with Crippen molar-refractivity contribution in [1.29, 1.82) is 0 Å². The third kappa shape index (κ3) is 3.11. The molecular weight excluding hydrogens is 295 g/mol. The van der Waals surface area contributed by atoms with Gasteiger partial charge in [-0.05, 0) is 43.5 Å². The molecule has 3 aliphatic rings. The van der Waals surface area contributed by atoms with E-state index in [1.54, 1.807) is 6.07 Å². The molecule has 0 spiro atoms. The van der Waals surface area contributed by atoms with Crippen LogP contribution in [0.3, 0.4) is 0 Å². The molecule has 5 nitrogen and oxygen atoms in total. The van der Waals surface area contributed by atoms with Gasteiger partial charge in [-0.1, -0.05) is 12.1 Å². The fourth-order valence-electron chi connectivity index (χ4n) is 3.74. The molecule has 3 fully saturated rings. The largest absolute Gasteiger partial charge is 0.334 e. The van der Waals surface area contributed by atoms with Gasteiger partial charge in [0.2, 0.25) is 5.91 Å². The normalized spacial score (nSPS) is 30.0. The summed E-state index contributed by atoms with van der Waals surface area (Å²) in [6, 6.07) is 7.03. The molecular formula is C17H23FN4O. The number of nitrogens with zero attached hydrogens (tertiary/aromatic N) is 1. The standard InChI is InChI=1S/C17H23FN4O/c18-12-3-1-2-11(8-12)10-22(13-4-5-13)17(23)16-14-9-19-7-6-15(14)20-21-16/h1-3,8,13-16,19-21H,4-7,9-10H2. The Morgan fingerprint density at radius 1 is 1.26 bits per heavy atom. The highest BCUT2D eigenvalue weighted by Gasteiger charge is 2.45. The first-order valence-corrected chi connectivity index (χ1v) is 8.49. The molecule has 3 N–H and O–H groups in total. The van der Waals surface area contributed by atoms with E-state index in [0.717, 1.165) is 37.9 Å². The summed E-state index contributed by atoms with van der Waals surface area (Å²) < 4.78 is 13.4. The monoisotopic (exact) mass is 318 g/mol. The van der Waals surface area contributed by atoms with Gasteiger partial charge in [-0.2, -0.15) is 0 Å². The summed E-state index contributed by atoms with van der Waals surface area (Å²) in [5, 5.41) is 3.38. The van der Waals surface area contributed by atoms with Gasteiger partial charge in [0, 0.05) is 31.1 Å². The lowest BCUT2D eigenvalue weighted by atomic mass is 9.88. The first kappa shape index (κ1) is 15.1. The molecule has 0 radical (unpaired) electrons. The molecule has 4 rings (SSSR count). The second-order valence-electron chi connectivity index (χ2n) is 6.86. The van der Waals surface area contributed by atoms with Crippen molar-refractivity contribution in [2.24, 2.45) is 5.92 Å². The van der Waals surface area contributed by atoms with Gasteiger partial charge < -0.3 is 10.2 Å². The fourth-order valence-corrected chi connectivity index (χ4v) is 3.74. The quantitative estimate of drug-likeness (QED) is 0.768. The number of hydrogen-bond donors (Lipinski definition) is 3. The molecule has 3 atom stereocenters. The van der Waals surface area contributed by atoms with Crippen molar-refractivity contribution < 1.29 is 9.18 Å². The van der Waals surface area contributed by atoms with Crippen molar-refractivity contribution in [2.75, 3.05) is 13.1 Å². The van der Waals surface area contributed by atoms with E-state index < -0.39 is 0 Å². The van der Waals surface area contributed by atoms with Crippen LogP contribution >= 0.6 is 0 Å². The van der Waals surface area contributed by atoms with E-state index in [-0.39, 0.29) is 23.7 Å². The molecule has 2 heterocycles. The second-order valence-corrected chi connectivity index (χ2v) is 6.86. The number of amides is 1. The van der Waals surface area contributed by atoms with Crippen LogP contribution in [0.1, 0.15) is 24.8 Å². The minimum Gasteiger partial charge on any atom is -0.334 e. The van der Waals surface area contributed by atoms with Crippen LogP contribution in [0.25, 0.3) is 0 Å². The number of hydrazine groups is 1. The Morgan fingerprint density at radius 3 is 2.91 bits per heavy atom. The Kier molecular flexibility index (Phi) is 4.05. The summed E-state index contributed by atoms with van der Waals surface area (Å²) in [7, 11) is 0. The highest BCUT2D eigenvalue weighted by Crippen LogP contribution is 2.31. The zero-order chi connectivity index (χ0) is 15.8. The molecule has 1 aromatic carbocycles. The number of rotatable bonds is 4. The van der Waals surface area contributed by atoms with E-state index in [1.807, 2.05) is 11.0 Å². The van der Waals surface area contributed by atoms with Crippen molar-refractivity contribution >= 4 is 5.91 Å². The van der Waals surface area contributed by atoms with Crippen molar-refractivity contribution in [3.05, 3.63) is 35.6 Å². The van der Waals surface area contributed by atoms with Crippen LogP contribution in [0.4, 0.5) is 4.39 Å². The van der Waals surface area contributed by atoms with E-state index in [9.17, 15) is 9.18 Å². The molecule has 1 saturated carbocycles. The third-order valence-corrected chi connectivity index (χ3v) is 5.16. The van der Waals surface area contributed by atoms with Crippen molar-refractivity contribution in [1.82, 2.24) is 21.1 Å². The summed E-state index contributed by atoms with van der Waals surface area (Å²) in [5.41, 5.74) is 7.34. The Hall–Kier alpha value is -1.50. The molecule has 0 aromatic heterocycles. The lowest BCUT2D eigenvalue weighted by Gasteiger charge is -2.31. The number of carbonyl (C=O) groups is 1. The zero-order valence-electron chi connectivity index (χ0n) is 13.1. The SMILES string of the molecule is O=C(C1NNC2CCNCC21)N(Cc1cccc(F)c1)C1CC1. The minimum atomic E-state index is -0.247. The van der Waals surface area contributed by atoms with Crippen molar-refractivity contribution in [3.63, 3.8) is 0 Å². The Labute approximate surface area is 135 Å². The highest BCUT2D eigenvalue weighted by molar-refractivity contribution is 5.83. The highest BCUT2D eigenvalue weighted by atomic mass is 19.1. The number of carbonyl (C=O) groups excluding carboxylic acids is 1. The maximum absolute atomic E-state index is 13.4. The van der Waals surface area contributed by atoms with Gasteiger partial charge in [0.05, 0.1) is 0 Å². The van der Waals surface area contributed by atoms with E-state index in [2.05, 4.69) is 16.2 Å². The zero-order valence-corrected chi connectivity index (χ0v) is 13.1. The predicted molar refractivity (Wildman–Crippen MR) is 84.8 cm³/mol. The summed E-state index contributed by atoms with van der Waals surface area (Å²) in [6.45, 7) is 2.34. The molecule has 0 bridgehead atoms. The molecule has 1 aliphatic carbocycles. The maximum Gasteiger partial charge on any atom is 0.242 e. The number of halogens is 1. The number of hydrogen-bond acceptors (Lipinski definition) is 4. The molecule has 3 unspecified atom stereocenters. The van der Waals surface area contributed by atoms with Crippen LogP contribution in [0.5, 0.6) is 0 Å². The second kappa shape index (κ2) is 6.19. The first-order valence-electron chi connectivity index (χ1n) is 8.49. The molecule has 124 valence electrons. The van der Waals surface area contributed by atoms with E-state index in [0.29, 0.717) is 18.6 Å². The van der Waals surface area contributed by atoms with Crippen LogP contribution in [0.15, 0.2) is 24.3 Å². The van der Waals surface area contributed by atoms with Gasteiger partial charge in [-0.25, -0.2) is 9.82 Å². The van der Waals surface area contributed by atoms with E-state index in [1.165, 1.54) is 12.1 Å².